The smallest absolute Gasteiger partial charge is 0.363 e. The second-order valence-electron chi connectivity index (χ2n) is 7.23. The van der Waals surface area contributed by atoms with Crippen LogP contribution in [-0.4, -0.2) is 52.0 Å². The molecule has 0 saturated carbocycles. The number of primary amides is 1. The van der Waals surface area contributed by atoms with E-state index < -0.39 is 36.6 Å². The number of carbonyl (C=O) groups is 2. The highest BCUT2D eigenvalue weighted by molar-refractivity contribution is 6.32. The molecule has 1 aromatic carbocycles. The molecule has 0 spiro atoms. The normalized spacial score (nSPS) is 11.6. The minimum absolute atomic E-state index is 0.139. The molecule has 16 heteroatoms. The fourth-order valence-corrected chi connectivity index (χ4v) is 3.45. The molecular weight excluding hydrogens is 528 g/mol. The lowest BCUT2D eigenvalue weighted by molar-refractivity contribution is -0.171. The number of amides is 1. The van der Waals surface area contributed by atoms with E-state index in [1.807, 2.05) is 0 Å². The molecule has 1 amide bonds. The Morgan fingerprint density at radius 3 is 2.36 bits per heavy atom. The fourth-order valence-electron chi connectivity index (χ4n) is 3.14. The number of nitrogens with zero attached hydrogens (tertiary/aromatic N) is 7. The van der Waals surface area contributed by atoms with Gasteiger partial charge in [-0.15, -0.1) is 10.2 Å². The molecule has 0 fully saturated rings. The van der Waals surface area contributed by atoms with E-state index in [4.69, 9.17) is 28.9 Å². The summed E-state index contributed by atoms with van der Waals surface area (Å²) in [5.74, 6) is -3.81. The summed E-state index contributed by atoms with van der Waals surface area (Å²) >= 11 is 12.0. The van der Waals surface area contributed by atoms with E-state index in [-0.39, 0.29) is 33.7 Å². The third-order valence-electron chi connectivity index (χ3n) is 4.78. The van der Waals surface area contributed by atoms with Gasteiger partial charge in [-0.05, 0) is 30.3 Å². The molecule has 4 aromatic rings. The van der Waals surface area contributed by atoms with E-state index in [1.54, 1.807) is 0 Å². The Labute approximate surface area is 208 Å². The van der Waals surface area contributed by atoms with Gasteiger partial charge in [-0.2, -0.15) is 13.2 Å². The van der Waals surface area contributed by atoms with Crippen LogP contribution in [0.1, 0.15) is 16.4 Å². The average molecular weight is 541 g/mol. The summed E-state index contributed by atoms with van der Waals surface area (Å²) in [4.78, 5) is 44.5. The van der Waals surface area contributed by atoms with Crippen LogP contribution in [0.5, 0.6) is 0 Å². The van der Waals surface area contributed by atoms with Crippen molar-refractivity contribution in [2.75, 3.05) is 0 Å². The van der Waals surface area contributed by atoms with Gasteiger partial charge in [-0.3, -0.25) is 19.1 Å². The van der Waals surface area contributed by atoms with E-state index >= 15 is 0 Å². The molecule has 36 heavy (non-hydrogen) atoms. The Hall–Kier alpha value is -4.04. The molecule has 0 bridgehead atoms. The number of alkyl halides is 3. The quantitative estimate of drug-likeness (QED) is 0.378. The Bertz CT molecular complexity index is 1530. The van der Waals surface area contributed by atoms with E-state index in [2.05, 4.69) is 20.2 Å². The first kappa shape index (κ1) is 25.1. The molecule has 0 aliphatic heterocycles. The van der Waals surface area contributed by atoms with Crippen LogP contribution in [0.15, 0.2) is 47.5 Å². The molecule has 4 rings (SSSR count). The highest BCUT2D eigenvalue weighted by Gasteiger charge is 2.39. The zero-order valence-corrected chi connectivity index (χ0v) is 19.3. The van der Waals surface area contributed by atoms with Crippen LogP contribution >= 0.6 is 23.2 Å². The molecule has 3 heterocycles. The monoisotopic (exact) mass is 540 g/mol. The van der Waals surface area contributed by atoms with Crippen molar-refractivity contribution in [3.8, 4) is 17.1 Å². The minimum atomic E-state index is -5.17. The van der Waals surface area contributed by atoms with E-state index in [0.29, 0.717) is 9.59 Å². The van der Waals surface area contributed by atoms with Crippen LogP contribution in [0.4, 0.5) is 13.2 Å². The van der Waals surface area contributed by atoms with Gasteiger partial charge >= 0.3 is 11.9 Å². The van der Waals surface area contributed by atoms with E-state index in [1.165, 1.54) is 42.7 Å². The molecule has 0 saturated heterocycles. The van der Waals surface area contributed by atoms with Crippen LogP contribution in [0.25, 0.3) is 17.1 Å². The van der Waals surface area contributed by atoms with Gasteiger partial charge in [0, 0.05) is 16.8 Å². The Balaban J connectivity index is 1.79. The third kappa shape index (κ3) is 4.99. The number of pyridine rings is 1. The maximum absolute atomic E-state index is 13.0. The van der Waals surface area contributed by atoms with Crippen molar-refractivity contribution in [3.63, 3.8) is 0 Å². The Kier molecular flexibility index (Phi) is 6.65. The number of halogens is 5. The molecule has 0 unspecified atom stereocenters. The lowest BCUT2D eigenvalue weighted by Crippen LogP contribution is -2.33. The molecule has 0 aliphatic rings. The highest BCUT2D eigenvalue weighted by atomic mass is 35.5. The molecule has 186 valence electrons. The first-order valence-corrected chi connectivity index (χ1v) is 10.6. The van der Waals surface area contributed by atoms with Crippen molar-refractivity contribution in [2.45, 2.75) is 19.3 Å². The van der Waals surface area contributed by atoms with Crippen LogP contribution in [0, 0.1) is 0 Å². The SMILES string of the molecule is NC(=O)c1nc(Cn2nc(-c3ccc(Cl)cc3)n(CC(=O)C(F)(F)F)c2=O)nn1-c1cnccc1Cl. The lowest BCUT2D eigenvalue weighted by atomic mass is 10.2. The number of Topliss-reactive ketones (excluding diaryl/α,β-unsaturated/α-hetero) is 1. The number of hydrogen-bond donors (Lipinski definition) is 1. The van der Waals surface area contributed by atoms with E-state index in [9.17, 15) is 27.6 Å². The lowest BCUT2D eigenvalue weighted by Gasteiger charge is -2.07. The van der Waals surface area contributed by atoms with Gasteiger partial charge in [0.25, 0.3) is 11.7 Å². The molecule has 2 N–H and O–H groups in total. The van der Waals surface area contributed by atoms with Gasteiger partial charge in [-0.1, -0.05) is 23.2 Å². The number of hydrogen-bond acceptors (Lipinski definition) is 7. The number of ketones is 1. The van der Waals surface area contributed by atoms with Crippen molar-refractivity contribution in [1.82, 2.24) is 34.1 Å². The zero-order valence-electron chi connectivity index (χ0n) is 17.8. The fraction of sp³-hybridized carbons (Fsp3) is 0.150. The summed E-state index contributed by atoms with van der Waals surface area (Å²) in [5, 5.41) is 8.71. The standard InChI is InChI=1S/C20H13Cl2F3N8O3/c21-11-3-1-10(2-4-11)17-30-32(19(36)31(17)8-14(34)20(23,24)25)9-15-28-18(16(26)35)33(29-15)13-7-27-6-5-12(13)22/h1-7H,8-9H2,(H2,26,35). The summed E-state index contributed by atoms with van der Waals surface area (Å²) < 4.78 is 41.1. The molecule has 0 radical (unpaired) electrons. The summed E-state index contributed by atoms with van der Waals surface area (Å²) in [5.41, 5.74) is 4.73. The number of rotatable bonds is 7. The van der Waals surface area contributed by atoms with Crippen molar-refractivity contribution in [3.05, 3.63) is 74.9 Å². The number of aromatic nitrogens is 7. The first-order valence-electron chi connectivity index (χ1n) is 9.85. The number of benzene rings is 1. The third-order valence-corrected chi connectivity index (χ3v) is 5.35. The summed E-state index contributed by atoms with van der Waals surface area (Å²) in [6.07, 6.45) is -2.46. The molecular formula is C20H13Cl2F3N8O3. The first-order chi connectivity index (χ1) is 17.0. The van der Waals surface area contributed by atoms with Gasteiger partial charge in [0.05, 0.1) is 17.8 Å². The second-order valence-corrected chi connectivity index (χ2v) is 8.08. The highest BCUT2D eigenvalue weighted by Crippen LogP contribution is 2.22. The Morgan fingerprint density at radius 1 is 1.06 bits per heavy atom. The maximum Gasteiger partial charge on any atom is 0.451 e. The van der Waals surface area contributed by atoms with Gasteiger partial charge in [0.2, 0.25) is 5.82 Å². The number of carbonyl (C=O) groups excluding carboxylic acids is 2. The molecule has 3 aromatic heterocycles. The molecule has 11 nitrogen and oxygen atoms in total. The predicted molar refractivity (Wildman–Crippen MR) is 120 cm³/mol. The molecule has 0 aliphatic carbocycles. The zero-order chi connectivity index (χ0) is 26.2. The maximum atomic E-state index is 13.0. The summed E-state index contributed by atoms with van der Waals surface area (Å²) in [6.45, 7) is -1.78. The topological polar surface area (TPSA) is 144 Å². The van der Waals surface area contributed by atoms with Gasteiger partial charge < -0.3 is 5.73 Å². The van der Waals surface area contributed by atoms with Crippen molar-refractivity contribution < 1.29 is 22.8 Å². The van der Waals surface area contributed by atoms with Crippen LogP contribution in [0.2, 0.25) is 10.0 Å². The summed E-state index contributed by atoms with van der Waals surface area (Å²) in [6, 6.07) is 7.16. The summed E-state index contributed by atoms with van der Waals surface area (Å²) in [7, 11) is 0. The van der Waals surface area contributed by atoms with Crippen LogP contribution in [-0.2, 0) is 17.9 Å². The van der Waals surface area contributed by atoms with Crippen molar-refractivity contribution in [2.24, 2.45) is 5.73 Å². The average Bonchev–Trinajstić information content (AvgIpc) is 3.36. The Morgan fingerprint density at radius 2 is 1.75 bits per heavy atom. The van der Waals surface area contributed by atoms with E-state index in [0.717, 1.165) is 9.36 Å². The minimum Gasteiger partial charge on any atom is -0.363 e. The predicted octanol–water partition coefficient (Wildman–Crippen LogP) is 2.27. The van der Waals surface area contributed by atoms with Gasteiger partial charge in [0.1, 0.15) is 12.2 Å². The van der Waals surface area contributed by atoms with Gasteiger partial charge in [-0.25, -0.2) is 19.1 Å². The van der Waals surface area contributed by atoms with Crippen LogP contribution < -0.4 is 11.4 Å². The molecule has 0 atom stereocenters. The number of nitrogens with two attached hydrogens (primary N) is 1. The van der Waals surface area contributed by atoms with Crippen LogP contribution in [0.3, 0.4) is 0 Å². The van der Waals surface area contributed by atoms with Crippen molar-refractivity contribution >= 4 is 34.9 Å². The largest absolute Gasteiger partial charge is 0.451 e. The van der Waals surface area contributed by atoms with Gasteiger partial charge in [0.15, 0.2) is 11.6 Å². The van der Waals surface area contributed by atoms with Crippen molar-refractivity contribution in [1.29, 1.82) is 0 Å². The second kappa shape index (κ2) is 9.54.